The number of hydrogen-bond acceptors (Lipinski definition) is 2. The molecule has 3 aromatic heterocycles. The monoisotopic (exact) mass is 701 g/mol. The molecule has 11 rings (SSSR count). The van der Waals surface area contributed by atoms with Crippen LogP contribution in [-0.4, -0.2) is 18.7 Å². The zero-order valence-corrected chi connectivity index (χ0v) is 29.6. The van der Waals surface area contributed by atoms with Crippen LogP contribution in [0.25, 0.3) is 94.2 Å². The summed E-state index contributed by atoms with van der Waals surface area (Å²) in [6.07, 6.45) is 0. The molecule has 0 spiro atoms. The third-order valence-electron chi connectivity index (χ3n) is 10.8. The first kappa shape index (κ1) is 30.9. The van der Waals surface area contributed by atoms with Gasteiger partial charge in [0, 0.05) is 44.2 Å². The summed E-state index contributed by atoms with van der Waals surface area (Å²) in [4.78, 5) is 5.10. The van der Waals surface area contributed by atoms with Gasteiger partial charge in [0.05, 0.1) is 44.7 Å². The van der Waals surface area contributed by atoms with E-state index in [9.17, 15) is 5.26 Å². The average Bonchev–Trinajstić information content (AvgIpc) is 3.92. The van der Waals surface area contributed by atoms with E-state index in [2.05, 4.69) is 165 Å². The third kappa shape index (κ3) is 4.83. The Morgan fingerprint density at radius 1 is 0.364 bits per heavy atom. The molecule has 0 unspecified atom stereocenters. The highest BCUT2D eigenvalue weighted by molar-refractivity contribution is 6.10. The Kier molecular flexibility index (Phi) is 6.85. The van der Waals surface area contributed by atoms with Gasteiger partial charge in [-0.25, -0.2) is 4.98 Å². The number of fused-ring (bicyclic) bond motifs is 7. The van der Waals surface area contributed by atoms with Crippen molar-refractivity contribution in [2.24, 2.45) is 0 Å². The van der Waals surface area contributed by atoms with Crippen molar-refractivity contribution in [3.8, 4) is 45.6 Å². The molecule has 0 fully saturated rings. The Hall–Kier alpha value is -7.68. The molecule has 0 atom stereocenters. The normalized spacial score (nSPS) is 11.6. The first-order chi connectivity index (χ1) is 27.2. The van der Waals surface area contributed by atoms with Crippen LogP contribution >= 0.6 is 0 Å². The molecular formula is C50H31N5. The second-order valence-corrected chi connectivity index (χ2v) is 14.0. The van der Waals surface area contributed by atoms with E-state index in [1.54, 1.807) is 0 Å². The van der Waals surface area contributed by atoms with Crippen LogP contribution in [0.3, 0.4) is 0 Å². The summed E-state index contributed by atoms with van der Waals surface area (Å²) < 4.78 is 7.01. The molecule has 0 N–H and O–H groups in total. The molecule has 0 aliphatic heterocycles. The number of hydrogen-bond donors (Lipinski definition) is 0. The molecule has 5 nitrogen and oxygen atoms in total. The Morgan fingerprint density at radius 3 is 1.40 bits per heavy atom. The first-order valence-corrected chi connectivity index (χ1v) is 18.4. The molecule has 0 radical (unpaired) electrons. The number of benzene rings is 8. The highest BCUT2D eigenvalue weighted by Crippen LogP contribution is 2.38. The van der Waals surface area contributed by atoms with Crippen molar-refractivity contribution in [2.75, 3.05) is 0 Å². The van der Waals surface area contributed by atoms with Gasteiger partial charge in [0.25, 0.3) is 0 Å². The number of nitriles is 1. The van der Waals surface area contributed by atoms with Crippen molar-refractivity contribution >= 4 is 54.6 Å². The van der Waals surface area contributed by atoms with Crippen molar-refractivity contribution in [1.29, 1.82) is 5.26 Å². The molecule has 0 saturated carbocycles. The van der Waals surface area contributed by atoms with Gasteiger partial charge in [0.2, 0.25) is 0 Å². The molecule has 8 aromatic carbocycles. The van der Waals surface area contributed by atoms with E-state index in [0.717, 1.165) is 72.7 Å². The number of para-hydroxylation sites is 6. The fourth-order valence-electron chi connectivity index (χ4n) is 8.45. The predicted octanol–water partition coefficient (Wildman–Crippen LogP) is 12.4. The maximum atomic E-state index is 9.73. The van der Waals surface area contributed by atoms with E-state index in [0.29, 0.717) is 5.56 Å². The maximum absolute atomic E-state index is 9.73. The minimum Gasteiger partial charge on any atom is -0.309 e. The second-order valence-electron chi connectivity index (χ2n) is 14.0. The molecule has 256 valence electrons. The van der Waals surface area contributed by atoms with E-state index in [4.69, 9.17) is 4.98 Å². The quantitative estimate of drug-likeness (QED) is 0.179. The smallest absolute Gasteiger partial charge is 0.145 e. The van der Waals surface area contributed by atoms with Crippen molar-refractivity contribution in [1.82, 2.24) is 18.7 Å². The molecule has 0 aliphatic rings. The van der Waals surface area contributed by atoms with E-state index in [-0.39, 0.29) is 0 Å². The second kappa shape index (κ2) is 12.2. The lowest BCUT2D eigenvalue weighted by Gasteiger charge is -2.17. The van der Waals surface area contributed by atoms with Crippen LogP contribution in [0, 0.1) is 11.3 Å². The van der Waals surface area contributed by atoms with Crippen molar-refractivity contribution in [2.45, 2.75) is 0 Å². The maximum Gasteiger partial charge on any atom is 0.145 e. The van der Waals surface area contributed by atoms with Gasteiger partial charge in [0.1, 0.15) is 5.82 Å². The molecule has 0 amide bonds. The van der Waals surface area contributed by atoms with Gasteiger partial charge < -0.3 is 9.13 Å². The molecule has 11 aromatic rings. The van der Waals surface area contributed by atoms with Gasteiger partial charge in [-0.1, -0.05) is 109 Å². The first-order valence-electron chi connectivity index (χ1n) is 18.4. The molecular weight excluding hydrogens is 671 g/mol. The van der Waals surface area contributed by atoms with E-state index >= 15 is 0 Å². The summed E-state index contributed by atoms with van der Waals surface area (Å²) in [5.41, 5.74) is 13.4. The molecule has 0 bridgehead atoms. The Bertz CT molecular complexity index is 3110. The summed E-state index contributed by atoms with van der Waals surface area (Å²) in [5.74, 6) is 0.792. The SMILES string of the molecule is N#Cc1cccc(-c2nc3ccccc3n2-c2cccc(-c3cc(-n4c5ccccc5c5ccccc54)cc(-n4c5ccccc5c5ccccc54)c3)c2)c1. The van der Waals surface area contributed by atoms with Gasteiger partial charge in [-0.15, -0.1) is 0 Å². The van der Waals surface area contributed by atoms with Crippen LogP contribution in [0.4, 0.5) is 0 Å². The van der Waals surface area contributed by atoms with Gasteiger partial charge in [-0.2, -0.15) is 5.26 Å². The van der Waals surface area contributed by atoms with Crippen LogP contribution in [0.1, 0.15) is 5.56 Å². The van der Waals surface area contributed by atoms with Gasteiger partial charge in [0.15, 0.2) is 0 Å². The zero-order chi connectivity index (χ0) is 36.5. The predicted molar refractivity (Wildman–Crippen MR) is 225 cm³/mol. The molecule has 0 saturated heterocycles. The van der Waals surface area contributed by atoms with E-state index in [1.807, 2.05) is 42.5 Å². The minimum absolute atomic E-state index is 0.601. The fraction of sp³-hybridized carbons (Fsp3) is 0. The van der Waals surface area contributed by atoms with E-state index < -0.39 is 0 Å². The Balaban J connectivity index is 1.19. The zero-order valence-electron chi connectivity index (χ0n) is 29.6. The van der Waals surface area contributed by atoms with Crippen LogP contribution in [0.5, 0.6) is 0 Å². The van der Waals surface area contributed by atoms with Crippen LogP contribution in [-0.2, 0) is 0 Å². The van der Waals surface area contributed by atoms with Crippen LogP contribution in [0.15, 0.2) is 188 Å². The van der Waals surface area contributed by atoms with Crippen LogP contribution < -0.4 is 0 Å². The number of aromatic nitrogens is 4. The number of nitrogens with zero attached hydrogens (tertiary/aromatic N) is 5. The highest BCUT2D eigenvalue weighted by Gasteiger charge is 2.19. The summed E-state index contributed by atoms with van der Waals surface area (Å²) in [6, 6.07) is 68.6. The molecule has 55 heavy (non-hydrogen) atoms. The van der Waals surface area contributed by atoms with Crippen molar-refractivity contribution in [3.05, 3.63) is 194 Å². The lowest BCUT2D eigenvalue weighted by atomic mass is 10.0. The standard InChI is InChI=1S/C50H31N5/c51-32-33-13-11-15-35(27-33)50-52-44-21-5-10-26-49(44)55(50)37-16-12-14-34(28-37)36-29-38(53-45-22-6-1-17-40(45)41-18-2-7-23-46(41)53)31-39(30-36)54-47-24-8-3-19-42(47)43-20-4-9-25-48(43)54/h1-31H. The lowest BCUT2D eigenvalue weighted by molar-refractivity contribution is 1.10. The van der Waals surface area contributed by atoms with Gasteiger partial charge >= 0.3 is 0 Å². The molecule has 3 heterocycles. The highest BCUT2D eigenvalue weighted by atomic mass is 15.1. The van der Waals surface area contributed by atoms with Crippen molar-refractivity contribution in [3.63, 3.8) is 0 Å². The Labute approximate surface area is 316 Å². The molecule has 0 aliphatic carbocycles. The third-order valence-corrected chi connectivity index (χ3v) is 10.8. The topological polar surface area (TPSA) is 51.5 Å². The van der Waals surface area contributed by atoms with Crippen molar-refractivity contribution < 1.29 is 0 Å². The Morgan fingerprint density at radius 2 is 0.836 bits per heavy atom. The van der Waals surface area contributed by atoms with E-state index in [1.165, 1.54) is 21.5 Å². The number of rotatable bonds is 5. The summed E-state index contributed by atoms with van der Waals surface area (Å²) in [5, 5.41) is 14.6. The summed E-state index contributed by atoms with van der Waals surface area (Å²) in [7, 11) is 0. The fourth-order valence-corrected chi connectivity index (χ4v) is 8.45. The lowest BCUT2D eigenvalue weighted by Crippen LogP contribution is -2.01. The molecule has 5 heteroatoms. The largest absolute Gasteiger partial charge is 0.309 e. The summed E-state index contributed by atoms with van der Waals surface area (Å²) in [6.45, 7) is 0. The van der Waals surface area contributed by atoms with Crippen LogP contribution in [0.2, 0.25) is 0 Å². The minimum atomic E-state index is 0.601. The average molecular weight is 702 g/mol. The number of imidazole rings is 1. The summed E-state index contributed by atoms with van der Waals surface area (Å²) >= 11 is 0. The van der Waals surface area contributed by atoms with Gasteiger partial charge in [-0.3, -0.25) is 4.57 Å². The van der Waals surface area contributed by atoms with Gasteiger partial charge in [-0.05, 0) is 90.0 Å².